The molecule has 4 heterocycles. The highest BCUT2D eigenvalue weighted by atomic mass is 32.2. The largest absolute Gasteiger partial charge is 0.504 e. The number of methoxy groups -OCH3 is 1. The van der Waals surface area contributed by atoms with Crippen LogP contribution >= 0.6 is 11.8 Å². The van der Waals surface area contributed by atoms with Gasteiger partial charge in [0.05, 0.1) is 7.11 Å². The molecule has 0 bridgehead atoms. The molecule has 208 valence electrons. The number of likely N-dealkylation sites (tertiary alicyclic amines) is 1. The van der Waals surface area contributed by atoms with Gasteiger partial charge in [-0.15, -0.1) is 11.8 Å². The van der Waals surface area contributed by atoms with Crippen LogP contribution in [0.5, 0.6) is 11.5 Å². The van der Waals surface area contributed by atoms with E-state index in [2.05, 4.69) is 5.32 Å². The highest BCUT2D eigenvalue weighted by Crippen LogP contribution is 2.40. The molecule has 1 aromatic heterocycles. The number of phenolic OH excluding ortho intramolecular Hbond substituents is 1. The standard InChI is InChI=1S/C27H27N5O7S/c1-39-20-11-18(2-3-19(20)33)29-21(34)13-30-7-4-15(5-8-30)12-31-9-6-16(24(31)35)10-17-14-40-26-22(28)25(36)32(26)23(17)27(37)38/h2-5,7-8,10-11,22,26H,6,9,12-14,28H2,1H3,(H2-,29,33,34,37,38)/p+1/t22-,26-/m1/s1. The van der Waals surface area contributed by atoms with E-state index in [1.807, 2.05) is 12.1 Å². The Bertz CT molecular complexity index is 1460. The molecule has 2 fully saturated rings. The van der Waals surface area contributed by atoms with Crippen molar-refractivity contribution < 1.29 is 38.7 Å². The van der Waals surface area contributed by atoms with Crippen molar-refractivity contribution >= 4 is 41.1 Å². The van der Waals surface area contributed by atoms with Crippen molar-refractivity contribution in [1.82, 2.24) is 9.80 Å². The van der Waals surface area contributed by atoms with Gasteiger partial charge in [-0.05, 0) is 35.8 Å². The summed E-state index contributed by atoms with van der Waals surface area (Å²) in [6.07, 6.45) is 5.56. The van der Waals surface area contributed by atoms with Crippen LogP contribution in [-0.2, 0) is 32.3 Å². The number of allylic oxidation sites excluding steroid dienone is 1. The number of phenols is 1. The smallest absolute Gasteiger partial charge is 0.352 e. The molecule has 12 nitrogen and oxygen atoms in total. The first-order valence-electron chi connectivity index (χ1n) is 12.5. The third-order valence-electron chi connectivity index (χ3n) is 6.93. The molecule has 5 N–H and O–H groups in total. The van der Waals surface area contributed by atoms with Gasteiger partial charge in [-0.3, -0.25) is 19.3 Å². The lowest BCUT2D eigenvalue weighted by Crippen LogP contribution is -2.68. The van der Waals surface area contributed by atoms with Crippen LogP contribution in [0.2, 0.25) is 0 Å². The Kier molecular flexibility index (Phi) is 7.50. The molecule has 2 atom stereocenters. The maximum atomic E-state index is 13.1. The zero-order valence-corrected chi connectivity index (χ0v) is 22.4. The lowest BCUT2D eigenvalue weighted by Gasteiger charge is -2.47. The summed E-state index contributed by atoms with van der Waals surface area (Å²) in [7, 11) is 1.43. The number of nitrogens with one attached hydrogen (secondary N) is 1. The van der Waals surface area contributed by atoms with Crippen molar-refractivity contribution in [3.05, 3.63) is 71.2 Å². The second kappa shape index (κ2) is 11.0. The van der Waals surface area contributed by atoms with Gasteiger partial charge in [0.25, 0.3) is 5.91 Å². The van der Waals surface area contributed by atoms with Crippen molar-refractivity contribution in [1.29, 1.82) is 0 Å². The maximum Gasteiger partial charge on any atom is 0.352 e. The number of carbonyl (C=O) groups is 4. The Balaban J connectivity index is 1.20. The zero-order valence-electron chi connectivity index (χ0n) is 21.6. The summed E-state index contributed by atoms with van der Waals surface area (Å²) in [5, 5.41) is 21.8. The molecule has 3 aliphatic rings. The topological polar surface area (TPSA) is 166 Å². The van der Waals surface area contributed by atoms with Crippen molar-refractivity contribution in [3.63, 3.8) is 0 Å². The molecule has 1 aromatic carbocycles. The van der Waals surface area contributed by atoms with E-state index < -0.39 is 17.9 Å². The number of carbonyl (C=O) groups excluding carboxylic acids is 3. The number of rotatable bonds is 8. The van der Waals surface area contributed by atoms with Crippen molar-refractivity contribution in [2.75, 3.05) is 24.7 Å². The van der Waals surface area contributed by atoms with Crippen LogP contribution in [0.3, 0.4) is 0 Å². The number of β-lactam (4-membered cyclic amide) rings is 1. The number of anilines is 1. The fourth-order valence-electron chi connectivity index (χ4n) is 4.85. The number of hydrogen-bond donors (Lipinski definition) is 4. The maximum absolute atomic E-state index is 13.1. The Morgan fingerprint density at radius 1 is 1.25 bits per heavy atom. The molecule has 0 unspecified atom stereocenters. The monoisotopic (exact) mass is 566 g/mol. The van der Waals surface area contributed by atoms with E-state index in [1.54, 1.807) is 34.0 Å². The predicted molar refractivity (Wildman–Crippen MR) is 144 cm³/mol. The number of carboxylic acid groups (broad SMARTS) is 1. The van der Waals surface area contributed by atoms with Gasteiger partial charge in [-0.2, -0.15) is 4.57 Å². The van der Waals surface area contributed by atoms with Gasteiger partial charge >= 0.3 is 5.97 Å². The van der Waals surface area contributed by atoms with Gasteiger partial charge in [0.15, 0.2) is 23.9 Å². The van der Waals surface area contributed by atoms with Crippen LogP contribution < -0.4 is 20.4 Å². The molecule has 2 aromatic rings. The van der Waals surface area contributed by atoms with Gasteiger partial charge in [-0.1, -0.05) is 0 Å². The van der Waals surface area contributed by atoms with E-state index in [0.29, 0.717) is 42.1 Å². The Morgan fingerprint density at radius 2 is 2.00 bits per heavy atom. The summed E-state index contributed by atoms with van der Waals surface area (Å²) in [5.74, 6) is -1.50. The number of carboxylic acids is 1. The minimum atomic E-state index is -1.21. The summed E-state index contributed by atoms with van der Waals surface area (Å²) >= 11 is 1.39. The zero-order chi connectivity index (χ0) is 28.6. The van der Waals surface area contributed by atoms with Crippen molar-refractivity contribution in [2.45, 2.75) is 30.9 Å². The highest BCUT2D eigenvalue weighted by molar-refractivity contribution is 8.00. The van der Waals surface area contributed by atoms with E-state index in [4.69, 9.17) is 10.5 Å². The lowest BCUT2D eigenvalue weighted by molar-refractivity contribution is -0.684. The number of aliphatic carboxylic acids is 1. The average Bonchev–Trinajstić information content (AvgIpc) is 3.28. The number of thioether (sulfide) groups is 1. The number of amides is 3. The van der Waals surface area contributed by atoms with Gasteiger partial charge in [0.2, 0.25) is 18.4 Å². The first kappa shape index (κ1) is 27.2. The molecule has 0 aliphatic carbocycles. The molecular weight excluding hydrogens is 538 g/mol. The van der Waals surface area contributed by atoms with E-state index in [9.17, 15) is 29.4 Å². The van der Waals surface area contributed by atoms with Crippen LogP contribution in [0.15, 0.2) is 65.6 Å². The molecular formula is C27H28N5O7S+. The van der Waals surface area contributed by atoms with Crippen molar-refractivity contribution in [3.8, 4) is 11.5 Å². The summed E-state index contributed by atoms with van der Waals surface area (Å²) in [4.78, 5) is 52.5. The number of ether oxygens (including phenoxy) is 1. The third-order valence-corrected chi connectivity index (χ3v) is 8.25. The van der Waals surface area contributed by atoms with Crippen LogP contribution in [0.4, 0.5) is 5.69 Å². The number of fused-ring (bicyclic) bond motifs is 1. The fourth-order valence-corrected chi connectivity index (χ4v) is 6.11. The molecule has 5 rings (SSSR count). The first-order chi connectivity index (χ1) is 19.2. The van der Waals surface area contributed by atoms with E-state index in [0.717, 1.165) is 5.56 Å². The third kappa shape index (κ3) is 5.25. The number of benzene rings is 1. The fraction of sp³-hybridized carbons (Fsp3) is 0.296. The molecule has 13 heteroatoms. The Morgan fingerprint density at radius 3 is 2.70 bits per heavy atom. The minimum Gasteiger partial charge on any atom is -0.504 e. The molecule has 0 spiro atoms. The normalized spacial score (nSPS) is 21.4. The predicted octanol–water partition coefficient (Wildman–Crippen LogP) is 0.567. The second-order valence-electron chi connectivity index (χ2n) is 9.57. The number of nitrogens with zero attached hydrogens (tertiary/aromatic N) is 3. The molecule has 3 aliphatic heterocycles. The molecule has 2 saturated heterocycles. The van der Waals surface area contributed by atoms with Crippen LogP contribution in [0, 0.1) is 0 Å². The summed E-state index contributed by atoms with van der Waals surface area (Å²) in [5.41, 5.74) is 8.00. The Labute approximate surface area is 233 Å². The Hall–Kier alpha value is -4.36. The number of hydrogen-bond acceptors (Lipinski definition) is 8. The number of pyridine rings is 1. The molecule has 0 radical (unpaired) electrons. The van der Waals surface area contributed by atoms with Crippen LogP contribution in [-0.4, -0.2) is 74.5 Å². The average molecular weight is 567 g/mol. The summed E-state index contributed by atoms with van der Waals surface area (Å²) in [6.45, 7) is 0.901. The molecule has 0 saturated carbocycles. The van der Waals surface area contributed by atoms with E-state index >= 15 is 0 Å². The van der Waals surface area contributed by atoms with E-state index in [1.165, 1.54) is 35.9 Å². The van der Waals surface area contributed by atoms with Gasteiger partial charge < -0.3 is 30.9 Å². The van der Waals surface area contributed by atoms with Crippen LogP contribution in [0.1, 0.15) is 12.0 Å². The second-order valence-corrected chi connectivity index (χ2v) is 10.7. The summed E-state index contributed by atoms with van der Waals surface area (Å²) in [6, 6.07) is 7.48. The van der Waals surface area contributed by atoms with Gasteiger partial charge in [-0.25, -0.2) is 4.79 Å². The SMILES string of the molecule is COc1cc(NC(=O)C[n+]2ccc(CN3CCC(=CC4=C(C(=O)O)N5C(=O)[C@@H](N)[C@H]5SC4)C3=O)cc2)ccc1O. The van der Waals surface area contributed by atoms with Gasteiger partial charge in [0, 0.05) is 48.3 Å². The minimum absolute atomic E-state index is 0.0221. The number of aromatic nitrogens is 1. The number of aromatic hydroxyl groups is 1. The first-order valence-corrected chi connectivity index (χ1v) is 13.5. The van der Waals surface area contributed by atoms with Gasteiger partial charge in [0.1, 0.15) is 17.1 Å². The molecule has 40 heavy (non-hydrogen) atoms. The molecule has 3 amide bonds. The van der Waals surface area contributed by atoms with E-state index in [-0.39, 0.29) is 40.9 Å². The lowest BCUT2D eigenvalue weighted by atomic mass is 10.0. The number of nitrogens with two attached hydrogens (primary N) is 1. The van der Waals surface area contributed by atoms with Crippen LogP contribution in [0.25, 0.3) is 0 Å². The summed E-state index contributed by atoms with van der Waals surface area (Å²) < 4.78 is 6.75. The quantitative estimate of drug-likeness (QED) is 0.155. The highest BCUT2D eigenvalue weighted by Gasteiger charge is 2.51. The van der Waals surface area contributed by atoms with Crippen molar-refractivity contribution in [2.24, 2.45) is 5.73 Å².